The number of amides is 4. The molecule has 0 radical (unpaired) electrons. The second kappa shape index (κ2) is 17.7. The van der Waals surface area contributed by atoms with Gasteiger partial charge in [0.1, 0.15) is 29.2 Å². The summed E-state index contributed by atoms with van der Waals surface area (Å²) in [5.74, 6) is 1.79. The van der Waals surface area contributed by atoms with Crippen LogP contribution in [0.15, 0.2) is 65.6 Å². The molecule has 1 atom stereocenters. The van der Waals surface area contributed by atoms with E-state index in [9.17, 15) is 14.4 Å². The Bertz CT molecular complexity index is 2590. The number of H-pyrrole nitrogens is 1. The lowest BCUT2D eigenvalue weighted by molar-refractivity contribution is -0.120. The summed E-state index contributed by atoms with van der Waals surface area (Å²) < 4.78 is 5.23. The number of aromatic amines is 1. The van der Waals surface area contributed by atoms with Crippen molar-refractivity contribution in [1.29, 1.82) is 0 Å². The van der Waals surface area contributed by atoms with Gasteiger partial charge in [0.2, 0.25) is 5.91 Å². The first kappa shape index (κ1) is 42.0. The highest BCUT2D eigenvalue weighted by Gasteiger charge is 2.27. The minimum absolute atomic E-state index is 0.0621. The second-order valence-corrected chi connectivity index (χ2v) is 17.2. The van der Waals surface area contributed by atoms with Gasteiger partial charge in [-0.15, -0.1) is 0 Å². The van der Waals surface area contributed by atoms with E-state index in [0.717, 1.165) is 84.9 Å². The Morgan fingerprint density at radius 1 is 0.935 bits per heavy atom. The molecule has 0 aliphatic carbocycles. The van der Waals surface area contributed by atoms with E-state index in [2.05, 4.69) is 68.4 Å². The number of fused-ring (bicyclic) bond motifs is 1. The topological polar surface area (TPSA) is 212 Å². The Hall–Kier alpha value is -6.75. The van der Waals surface area contributed by atoms with Gasteiger partial charge in [-0.25, -0.2) is 24.7 Å². The van der Waals surface area contributed by atoms with Gasteiger partial charge in [0.15, 0.2) is 11.5 Å². The number of nitrogens with one attached hydrogen (secondary N) is 5. The average molecular weight is 840 g/mol. The zero-order valence-corrected chi connectivity index (χ0v) is 36.0. The average Bonchev–Trinajstić information content (AvgIpc) is 3.94. The van der Waals surface area contributed by atoms with Crippen LogP contribution in [0.3, 0.4) is 0 Å². The van der Waals surface area contributed by atoms with Crippen molar-refractivity contribution in [2.75, 3.05) is 54.4 Å². The number of piperidine rings is 1. The molecule has 4 amide bonds. The number of nitrogens with zero attached hydrogens (tertiary/aromatic N) is 8. The standard InChI is InChI=1S/C45H53N13O4/c1-26-21-30(7-10-33(26)28(3)51-41(60)42-55-43(56-62-42)45(4,5)6)37-38-40(50-25-49-37)54-39(53-38)31-8-12-35(48-24-31)47-17-16-46-23-29-13-18-57(19-14-29)32-9-11-34(27(2)22-32)58-20-15-36(59)52-44(58)61/h7-12,21-22,24-25,28-29,46H,13-20,23H2,1-6H3,(H,47,48)(H,51,60)(H,52,59,61)(H,49,50,53,54)/t28-/m1/s1. The van der Waals surface area contributed by atoms with E-state index in [1.54, 1.807) is 11.1 Å². The molecular weight excluding hydrogens is 787 g/mol. The Morgan fingerprint density at radius 2 is 1.74 bits per heavy atom. The predicted molar refractivity (Wildman–Crippen MR) is 237 cm³/mol. The van der Waals surface area contributed by atoms with Crippen LogP contribution in [0.2, 0.25) is 0 Å². The van der Waals surface area contributed by atoms with Crippen molar-refractivity contribution in [2.45, 2.75) is 72.3 Å². The number of imide groups is 1. The molecule has 0 spiro atoms. The molecule has 8 rings (SSSR count). The van der Waals surface area contributed by atoms with E-state index in [1.807, 2.05) is 77.9 Å². The Morgan fingerprint density at radius 3 is 2.45 bits per heavy atom. The molecule has 322 valence electrons. The lowest BCUT2D eigenvalue weighted by Crippen LogP contribution is -2.49. The second-order valence-electron chi connectivity index (χ2n) is 17.2. The van der Waals surface area contributed by atoms with Crippen LogP contribution in [0.5, 0.6) is 0 Å². The van der Waals surface area contributed by atoms with Gasteiger partial charge >= 0.3 is 17.8 Å². The number of aromatic nitrogens is 7. The lowest BCUT2D eigenvalue weighted by Gasteiger charge is -2.34. The number of pyridine rings is 1. The number of aryl methyl sites for hydroxylation is 2. The summed E-state index contributed by atoms with van der Waals surface area (Å²) in [4.78, 5) is 67.1. The van der Waals surface area contributed by atoms with E-state index in [-0.39, 0.29) is 29.3 Å². The molecule has 62 heavy (non-hydrogen) atoms. The molecule has 0 unspecified atom stereocenters. The summed E-state index contributed by atoms with van der Waals surface area (Å²) in [5.41, 5.74) is 8.30. The first-order chi connectivity index (χ1) is 29.8. The molecule has 2 saturated heterocycles. The maximum atomic E-state index is 12.9. The summed E-state index contributed by atoms with van der Waals surface area (Å²) >= 11 is 0. The number of imidazole rings is 1. The van der Waals surface area contributed by atoms with Gasteiger partial charge in [0, 0.05) is 73.3 Å². The van der Waals surface area contributed by atoms with E-state index in [1.165, 1.54) is 12.0 Å². The fourth-order valence-corrected chi connectivity index (χ4v) is 7.99. The molecule has 2 aliphatic rings. The highest BCUT2D eigenvalue weighted by molar-refractivity contribution is 6.06. The number of carbonyl (C=O) groups excluding carboxylic acids is 3. The largest absolute Gasteiger partial charge is 0.372 e. The summed E-state index contributed by atoms with van der Waals surface area (Å²) in [6.07, 6.45) is 5.84. The van der Waals surface area contributed by atoms with Gasteiger partial charge in [-0.3, -0.25) is 19.8 Å². The van der Waals surface area contributed by atoms with E-state index >= 15 is 0 Å². The van der Waals surface area contributed by atoms with Gasteiger partial charge in [-0.05, 0) is 99.2 Å². The Kier molecular flexibility index (Phi) is 12.0. The molecule has 0 saturated carbocycles. The van der Waals surface area contributed by atoms with Crippen LogP contribution < -0.4 is 31.1 Å². The van der Waals surface area contributed by atoms with Gasteiger partial charge in [0.05, 0.1) is 6.04 Å². The van der Waals surface area contributed by atoms with Crippen molar-refractivity contribution >= 4 is 46.2 Å². The molecule has 17 nitrogen and oxygen atoms in total. The van der Waals surface area contributed by atoms with Crippen LogP contribution >= 0.6 is 0 Å². The number of anilines is 3. The number of benzene rings is 2. The highest BCUT2D eigenvalue weighted by Crippen LogP contribution is 2.32. The minimum atomic E-state index is -0.425. The van der Waals surface area contributed by atoms with Gasteiger partial charge in [-0.1, -0.05) is 38.1 Å². The van der Waals surface area contributed by atoms with Crippen molar-refractivity contribution in [1.82, 2.24) is 51.0 Å². The van der Waals surface area contributed by atoms with Gasteiger partial charge in [0.25, 0.3) is 0 Å². The quantitative estimate of drug-likeness (QED) is 0.0817. The smallest absolute Gasteiger partial charge is 0.328 e. The fraction of sp³-hybridized carbons (Fsp3) is 0.400. The molecule has 17 heteroatoms. The first-order valence-electron chi connectivity index (χ1n) is 21.2. The molecule has 2 aromatic carbocycles. The third-order valence-electron chi connectivity index (χ3n) is 11.5. The molecule has 5 N–H and O–H groups in total. The molecular formula is C45H53N13O4. The van der Waals surface area contributed by atoms with Gasteiger partial charge < -0.3 is 30.4 Å². The van der Waals surface area contributed by atoms with Gasteiger partial charge in [-0.2, -0.15) is 4.98 Å². The third kappa shape index (κ3) is 9.27. The van der Waals surface area contributed by atoms with E-state index in [0.29, 0.717) is 47.4 Å². The molecule has 2 fully saturated rings. The van der Waals surface area contributed by atoms with Crippen LogP contribution in [-0.4, -0.2) is 92.2 Å². The zero-order valence-electron chi connectivity index (χ0n) is 36.0. The monoisotopic (exact) mass is 839 g/mol. The normalized spacial score (nSPS) is 15.5. The summed E-state index contributed by atoms with van der Waals surface area (Å²) in [6, 6.07) is 15.5. The van der Waals surface area contributed by atoms with Crippen molar-refractivity contribution in [2.24, 2.45) is 5.92 Å². The van der Waals surface area contributed by atoms with Crippen LogP contribution in [-0.2, 0) is 10.2 Å². The third-order valence-corrected chi connectivity index (χ3v) is 11.5. The number of hydrogen-bond donors (Lipinski definition) is 5. The molecule has 6 heterocycles. The number of carbonyl (C=O) groups is 3. The maximum Gasteiger partial charge on any atom is 0.328 e. The molecule has 6 aromatic rings. The van der Waals surface area contributed by atoms with Crippen molar-refractivity contribution < 1.29 is 18.9 Å². The van der Waals surface area contributed by atoms with E-state index in [4.69, 9.17) is 9.51 Å². The Labute approximate surface area is 359 Å². The first-order valence-corrected chi connectivity index (χ1v) is 21.2. The van der Waals surface area contributed by atoms with E-state index < -0.39 is 5.91 Å². The SMILES string of the molecule is Cc1cc(-c2ncnc3[nH]c(-c4ccc(NCCNCC5CCN(c6ccc(N7CCC(=O)NC7=O)c(C)c6)CC5)nc4)nc23)ccc1[C@@H](C)NC(=O)c1nc(C(C)(C)C)no1. The van der Waals surface area contributed by atoms with Crippen LogP contribution in [0.1, 0.15) is 86.2 Å². The molecule has 0 bridgehead atoms. The van der Waals surface area contributed by atoms with Crippen molar-refractivity contribution in [3.8, 4) is 22.6 Å². The molecule has 4 aromatic heterocycles. The molecule has 2 aliphatic heterocycles. The number of hydrogen-bond acceptors (Lipinski definition) is 13. The number of rotatable bonds is 13. The van der Waals surface area contributed by atoms with Crippen LogP contribution in [0.4, 0.5) is 22.0 Å². The minimum Gasteiger partial charge on any atom is -0.372 e. The lowest BCUT2D eigenvalue weighted by atomic mass is 9.96. The predicted octanol–water partition coefficient (Wildman–Crippen LogP) is 6.23. The highest BCUT2D eigenvalue weighted by atomic mass is 16.5. The Balaban J connectivity index is 0.799. The summed E-state index contributed by atoms with van der Waals surface area (Å²) in [7, 11) is 0. The zero-order chi connectivity index (χ0) is 43.5. The summed E-state index contributed by atoms with van der Waals surface area (Å²) in [6.45, 7) is 16.7. The summed E-state index contributed by atoms with van der Waals surface area (Å²) in [5, 5.41) is 16.4. The fourth-order valence-electron chi connectivity index (χ4n) is 7.99. The van der Waals surface area contributed by atoms with Crippen molar-refractivity contribution in [3.63, 3.8) is 0 Å². The van der Waals surface area contributed by atoms with Crippen LogP contribution in [0, 0.1) is 19.8 Å². The maximum absolute atomic E-state index is 12.9. The van der Waals surface area contributed by atoms with Crippen LogP contribution in [0.25, 0.3) is 33.8 Å². The van der Waals surface area contributed by atoms with Crippen molar-refractivity contribution in [3.05, 3.63) is 89.5 Å². The number of urea groups is 1.